The van der Waals surface area contributed by atoms with Crippen LogP contribution in [0.15, 0.2) is 11.1 Å². The van der Waals surface area contributed by atoms with Crippen molar-refractivity contribution in [1.82, 2.24) is 14.5 Å². The fourth-order valence-corrected chi connectivity index (χ4v) is 2.86. The van der Waals surface area contributed by atoms with Crippen LogP contribution in [0.5, 0.6) is 0 Å². The number of nitrogens with one attached hydrogen (secondary N) is 1. The Morgan fingerprint density at radius 1 is 1.65 bits per heavy atom. The molecule has 0 amide bonds. The molecule has 0 aliphatic rings. The fourth-order valence-electron chi connectivity index (χ4n) is 1.29. The van der Waals surface area contributed by atoms with Gasteiger partial charge in [0, 0.05) is 13.2 Å². The molecule has 0 aliphatic carbocycles. The molecule has 17 heavy (non-hydrogen) atoms. The van der Waals surface area contributed by atoms with Crippen LogP contribution in [-0.2, 0) is 17.1 Å². The normalized spacial score (nSPS) is 15.8. The maximum atomic E-state index is 12.0. The maximum absolute atomic E-state index is 12.0. The van der Waals surface area contributed by atoms with Crippen LogP contribution in [0.1, 0.15) is 20.3 Å². The van der Waals surface area contributed by atoms with E-state index in [0.717, 1.165) is 0 Å². The molecule has 0 spiro atoms. The average Bonchev–Trinajstić information content (AvgIpc) is 2.58. The summed E-state index contributed by atoms with van der Waals surface area (Å²) in [5, 5.41) is 13.0. The number of nitrogens with two attached hydrogens (primary N) is 1. The molecule has 1 unspecified atom stereocenters. The molecule has 1 aromatic rings. The zero-order valence-corrected chi connectivity index (χ0v) is 11.0. The summed E-state index contributed by atoms with van der Waals surface area (Å²) in [5.41, 5.74) is 4.61. The van der Waals surface area contributed by atoms with Crippen molar-refractivity contribution < 1.29 is 13.5 Å². The van der Waals surface area contributed by atoms with Gasteiger partial charge in [-0.1, -0.05) is 6.92 Å². The zero-order valence-electron chi connectivity index (χ0n) is 10.1. The van der Waals surface area contributed by atoms with Crippen LogP contribution in [0.3, 0.4) is 0 Å². The molecule has 0 aliphatic heterocycles. The SMILES string of the molecule is CCC(C)(CO)NS(=O)(=O)c1cn(C)nc1N. The third kappa shape index (κ3) is 2.96. The van der Waals surface area contributed by atoms with Crippen LogP contribution in [0.2, 0.25) is 0 Å². The Balaban J connectivity index is 3.09. The second kappa shape index (κ2) is 4.63. The van der Waals surface area contributed by atoms with E-state index in [2.05, 4.69) is 9.82 Å². The number of aryl methyl sites for hydroxylation is 1. The van der Waals surface area contributed by atoms with Crippen molar-refractivity contribution in [2.24, 2.45) is 7.05 Å². The van der Waals surface area contributed by atoms with Crippen LogP contribution >= 0.6 is 0 Å². The van der Waals surface area contributed by atoms with Gasteiger partial charge in [0.05, 0.1) is 12.1 Å². The average molecular weight is 262 g/mol. The molecule has 7 nitrogen and oxygen atoms in total. The van der Waals surface area contributed by atoms with Crippen molar-refractivity contribution in [1.29, 1.82) is 0 Å². The molecule has 1 atom stereocenters. The second-order valence-electron chi connectivity index (χ2n) is 4.23. The minimum atomic E-state index is -3.77. The highest BCUT2D eigenvalue weighted by Crippen LogP contribution is 2.19. The van der Waals surface area contributed by atoms with Gasteiger partial charge in [-0.15, -0.1) is 0 Å². The number of hydrogen-bond acceptors (Lipinski definition) is 5. The number of anilines is 1. The van der Waals surface area contributed by atoms with Crippen LogP contribution < -0.4 is 10.5 Å². The van der Waals surface area contributed by atoms with E-state index >= 15 is 0 Å². The molecular formula is C9H18N4O3S. The standard InChI is InChI=1S/C9H18N4O3S/c1-4-9(2,6-14)12-17(15,16)7-5-13(3)11-8(7)10/h5,12,14H,4,6H2,1-3H3,(H2,10,11). The molecule has 8 heteroatoms. The molecule has 1 rings (SSSR count). The highest BCUT2D eigenvalue weighted by Gasteiger charge is 2.30. The van der Waals surface area contributed by atoms with E-state index in [1.165, 1.54) is 10.9 Å². The monoisotopic (exact) mass is 262 g/mol. The highest BCUT2D eigenvalue weighted by atomic mass is 32.2. The van der Waals surface area contributed by atoms with Gasteiger partial charge in [-0.25, -0.2) is 13.1 Å². The predicted octanol–water partition coefficient (Wildman–Crippen LogP) is -0.558. The first-order valence-corrected chi connectivity index (χ1v) is 6.66. The van der Waals surface area contributed by atoms with Gasteiger partial charge in [0.2, 0.25) is 10.0 Å². The lowest BCUT2D eigenvalue weighted by Crippen LogP contribution is -2.48. The highest BCUT2D eigenvalue weighted by molar-refractivity contribution is 7.89. The first-order chi connectivity index (χ1) is 7.74. The first-order valence-electron chi connectivity index (χ1n) is 5.18. The smallest absolute Gasteiger partial charge is 0.246 e. The Hall–Kier alpha value is -1.12. The van der Waals surface area contributed by atoms with Crippen LogP contribution in [0, 0.1) is 0 Å². The molecule has 0 bridgehead atoms. The number of nitrogen functional groups attached to an aromatic ring is 1. The van der Waals surface area contributed by atoms with E-state index < -0.39 is 15.6 Å². The molecule has 1 aromatic heterocycles. The molecule has 0 saturated carbocycles. The van der Waals surface area contributed by atoms with Crippen molar-refractivity contribution in [3.8, 4) is 0 Å². The van der Waals surface area contributed by atoms with E-state index in [-0.39, 0.29) is 17.3 Å². The van der Waals surface area contributed by atoms with Crippen molar-refractivity contribution in [3.05, 3.63) is 6.20 Å². The summed E-state index contributed by atoms with van der Waals surface area (Å²) in [6.07, 6.45) is 1.79. The molecule has 1 heterocycles. The van der Waals surface area contributed by atoms with Crippen LogP contribution in [0.25, 0.3) is 0 Å². The lowest BCUT2D eigenvalue weighted by Gasteiger charge is -2.26. The Kier molecular flexibility index (Phi) is 3.80. The van der Waals surface area contributed by atoms with Crippen molar-refractivity contribution in [3.63, 3.8) is 0 Å². The summed E-state index contributed by atoms with van der Waals surface area (Å²) in [5.74, 6) is -0.0589. The minimum absolute atomic E-state index is 0.0589. The molecule has 98 valence electrons. The van der Waals surface area contributed by atoms with E-state index in [4.69, 9.17) is 5.73 Å². The molecular weight excluding hydrogens is 244 g/mol. The minimum Gasteiger partial charge on any atom is -0.394 e. The Morgan fingerprint density at radius 2 is 2.24 bits per heavy atom. The summed E-state index contributed by atoms with van der Waals surface area (Å²) in [7, 11) is -2.19. The quantitative estimate of drug-likeness (QED) is 0.659. The fraction of sp³-hybridized carbons (Fsp3) is 0.667. The zero-order chi connectivity index (χ0) is 13.3. The van der Waals surface area contributed by atoms with Gasteiger partial charge in [-0.2, -0.15) is 5.10 Å². The first kappa shape index (κ1) is 13.9. The van der Waals surface area contributed by atoms with E-state index in [9.17, 15) is 13.5 Å². The number of aliphatic hydroxyl groups is 1. The molecule has 4 N–H and O–H groups in total. The third-order valence-corrected chi connectivity index (χ3v) is 4.28. The Labute approximate surface area is 101 Å². The summed E-state index contributed by atoms with van der Waals surface area (Å²) < 4.78 is 27.8. The summed E-state index contributed by atoms with van der Waals surface area (Å²) in [4.78, 5) is -0.0758. The molecule has 0 saturated heterocycles. The van der Waals surface area contributed by atoms with Gasteiger partial charge in [0.15, 0.2) is 5.82 Å². The number of rotatable bonds is 5. The van der Waals surface area contributed by atoms with Crippen LogP contribution in [-0.4, -0.2) is 35.5 Å². The second-order valence-corrected chi connectivity index (χ2v) is 5.88. The topological polar surface area (TPSA) is 110 Å². The number of nitrogens with zero attached hydrogens (tertiary/aromatic N) is 2. The van der Waals surface area contributed by atoms with Gasteiger partial charge < -0.3 is 10.8 Å². The van der Waals surface area contributed by atoms with E-state index in [1.807, 2.05) is 0 Å². The maximum Gasteiger partial charge on any atom is 0.246 e. The van der Waals surface area contributed by atoms with E-state index in [0.29, 0.717) is 6.42 Å². The third-order valence-electron chi connectivity index (χ3n) is 2.62. The van der Waals surface area contributed by atoms with Crippen molar-refractivity contribution >= 4 is 15.8 Å². The van der Waals surface area contributed by atoms with Gasteiger partial charge in [-0.3, -0.25) is 4.68 Å². The molecule has 0 aromatic carbocycles. The summed E-state index contributed by atoms with van der Waals surface area (Å²) in [6, 6.07) is 0. The largest absolute Gasteiger partial charge is 0.394 e. The number of sulfonamides is 1. The lowest BCUT2D eigenvalue weighted by molar-refractivity contribution is 0.191. The lowest BCUT2D eigenvalue weighted by atomic mass is 10.0. The van der Waals surface area contributed by atoms with Crippen LogP contribution in [0.4, 0.5) is 5.82 Å². The number of aromatic nitrogens is 2. The van der Waals surface area contributed by atoms with E-state index in [1.54, 1.807) is 20.9 Å². The van der Waals surface area contributed by atoms with Gasteiger partial charge in [0.25, 0.3) is 0 Å². The molecule has 0 fully saturated rings. The Morgan fingerprint density at radius 3 is 2.59 bits per heavy atom. The Bertz CT molecular complexity index is 490. The number of hydrogen-bond donors (Lipinski definition) is 3. The molecule has 0 radical (unpaired) electrons. The summed E-state index contributed by atoms with van der Waals surface area (Å²) >= 11 is 0. The predicted molar refractivity (Wildman–Crippen MR) is 63.7 cm³/mol. The van der Waals surface area contributed by atoms with Crippen molar-refractivity contribution in [2.75, 3.05) is 12.3 Å². The van der Waals surface area contributed by atoms with Gasteiger partial charge in [0.1, 0.15) is 4.90 Å². The van der Waals surface area contributed by atoms with Crippen molar-refractivity contribution in [2.45, 2.75) is 30.7 Å². The summed E-state index contributed by atoms with van der Waals surface area (Å²) in [6.45, 7) is 3.12. The van der Waals surface area contributed by atoms with Gasteiger partial charge in [-0.05, 0) is 13.3 Å². The number of aliphatic hydroxyl groups excluding tert-OH is 1. The van der Waals surface area contributed by atoms with Gasteiger partial charge >= 0.3 is 0 Å².